The van der Waals surface area contributed by atoms with E-state index in [1.807, 2.05) is 20.0 Å². The summed E-state index contributed by atoms with van der Waals surface area (Å²) < 4.78 is 0. The Labute approximate surface area is 104 Å². The number of hydrogen-bond acceptors (Lipinski definition) is 3. The van der Waals surface area contributed by atoms with Crippen molar-refractivity contribution in [1.29, 1.82) is 0 Å². The van der Waals surface area contributed by atoms with E-state index in [0.29, 0.717) is 6.54 Å². The van der Waals surface area contributed by atoms with E-state index in [4.69, 9.17) is 6.42 Å². The van der Waals surface area contributed by atoms with E-state index in [9.17, 15) is 0 Å². The van der Waals surface area contributed by atoms with Gasteiger partial charge in [0.15, 0.2) is 0 Å². The smallest absolute Gasteiger partial charge is 0.0711 e. The van der Waals surface area contributed by atoms with Gasteiger partial charge in [-0.2, -0.15) is 5.10 Å². The summed E-state index contributed by atoms with van der Waals surface area (Å²) in [6.07, 6.45) is 11.0. The molecule has 2 N–H and O–H groups in total. The molecular formula is C13H22N4. The first kappa shape index (κ1) is 13.8. The van der Waals surface area contributed by atoms with Crippen molar-refractivity contribution in [1.82, 2.24) is 20.6 Å². The van der Waals surface area contributed by atoms with E-state index in [-0.39, 0.29) is 0 Å². The molecule has 0 spiro atoms. The largest absolute Gasteiger partial charge is 0.285 e. The summed E-state index contributed by atoms with van der Waals surface area (Å²) in [5, 5.41) is 8.85. The fourth-order valence-electron chi connectivity index (χ4n) is 1.63. The van der Waals surface area contributed by atoms with Crippen molar-refractivity contribution in [3.8, 4) is 12.3 Å². The number of H-pyrrole nitrogens is 1. The lowest BCUT2D eigenvalue weighted by atomic mass is 10.2. The highest BCUT2D eigenvalue weighted by atomic mass is 15.5. The summed E-state index contributed by atoms with van der Waals surface area (Å²) in [7, 11) is 0. The number of hydrazine groups is 1. The quantitative estimate of drug-likeness (QED) is 0.765. The first-order valence-electron chi connectivity index (χ1n) is 6.13. The van der Waals surface area contributed by atoms with Gasteiger partial charge in [0.2, 0.25) is 0 Å². The van der Waals surface area contributed by atoms with Crippen molar-refractivity contribution < 1.29 is 0 Å². The van der Waals surface area contributed by atoms with Gasteiger partial charge < -0.3 is 0 Å². The lowest BCUT2D eigenvalue weighted by Gasteiger charge is -2.25. The lowest BCUT2D eigenvalue weighted by molar-refractivity contribution is 0.164. The summed E-state index contributed by atoms with van der Waals surface area (Å²) in [6, 6.07) is 0. The molecule has 2 heterocycles. The van der Waals surface area contributed by atoms with Crippen LogP contribution in [0.4, 0.5) is 0 Å². The van der Waals surface area contributed by atoms with Gasteiger partial charge in [0.05, 0.1) is 12.2 Å². The summed E-state index contributed by atoms with van der Waals surface area (Å²) in [6.45, 7) is 6.98. The number of hydrogen-bond donors (Lipinski definition) is 2. The molecule has 0 amide bonds. The van der Waals surface area contributed by atoms with Gasteiger partial charge in [-0.3, -0.25) is 5.10 Å². The third-order valence-corrected chi connectivity index (χ3v) is 2.84. The minimum atomic E-state index is 0.667. The predicted octanol–water partition coefficient (Wildman–Crippen LogP) is 1.64. The number of nitrogens with one attached hydrogen (secondary N) is 2. The molecule has 94 valence electrons. The van der Waals surface area contributed by atoms with Gasteiger partial charge in [0, 0.05) is 19.3 Å². The van der Waals surface area contributed by atoms with Gasteiger partial charge in [-0.15, -0.1) is 6.42 Å². The first-order valence-corrected chi connectivity index (χ1v) is 6.13. The van der Waals surface area contributed by atoms with E-state index in [0.717, 1.165) is 18.8 Å². The van der Waals surface area contributed by atoms with Crippen LogP contribution in [0.15, 0.2) is 6.20 Å². The molecule has 1 aliphatic rings. The molecule has 4 nitrogen and oxygen atoms in total. The minimum absolute atomic E-state index is 0.667. The molecule has 0 radical (unpaired) electrons. The molecule has 1 aromatic rings. The van der Waals surface area contributed by atoms with Crippen molar-refractivity contribution in [2.75, 3.05) is 19.6 Å². The van der Waals surface area contributed by atoms with Gasteiger partial charge in [-0.25, -0.2) is 10.4 Å². The van der Waals surface area contributed by atoms with Crippen LogP contribution in [-0.2, 0) is 0 Å². The molecule has 0 unspecified atom stereocenters. The molecule has 1 aromatic heterocycles. The van der Waals surface area contributed by atoms with Crippen LogP contribution in [0.5, 0.6) is 0 Å². The van der Waals surface area contributed by atoms with Gasteiger partial charge in [0.1, 0.15) is 0 Å². The van der Waals surface area contributed by atoms with Gasteiger partial charge in [-0.1, -0.05) is 12.3 Å². The van der Waals surface area contributed by atoms with Crippen LogP contribution in [0.3, 0.4) is 0 Å². The van der Waals surface area contributed by atoms with Crippen LogP contribution in [0.2, 0.25) is 0 Å². The monoisotopic (exact) mass is 234 g/mol. The molecular weight excluding hydrogens is 212 g/mol. The highest BCUT2D eigenvalue weighted by Gasteiger charge is 2.07. The van der Waals surface area contributed by atoms with E-state index >= 15 is 0 Å². The van der Waals surface area contributed by atoms with Crippen molar-refractivity contribution in [2.24, 2.45) is 0 Å². The predicted molar refractivity (Wildman–Crippen MR) is 70.3 cm³/mol. The SMILES string of the molecule is C#CCNN1CCCCC1.Cc1c[nH]nc1C. The lowest BCUT2D eigenvalue weighted by Crippen LogP contribution is -2.41. The zero-order valence-corrected chi connectivity index (χ0v) is 10.8. The number of aromatic nitrogens is 2. The molecule has 0 aromatic carbocycles. The molecule has 0 bridgehead atoms. The minimum Gasteiger partial charge on any atom is -0.285 e. The average Bonchev–Trinajstić information content (AvgIpc) is 2.73. The maximum atomic E-state index is 5.11. The Bertz CT molecular complexity index is 328. The number of nitrogens with zero attached hydrogens (tertiary/aromatic N) is 2. The molecule has 1 saturated heterocycles. The van der Waals surface area contributed by atoms with Crippen LogP contribution in [0, 0.1) is 26.2 Å². The van der Waals surface area contributed by atoms with Crippen LogP contribution < -0.4 is 5.43 Å². The normalized spacial score (nSPS) is 15.8. The molecule has 1 fully saturated rings. The van der Waals surface area contributed by atoms with Crippen LogP contribution in [-0.4, -0.2) is 34.8 Å². The summed E-state index contributed by atoms with van der Waals surface area (Å²) in [5.41, 5.74) is 5.47. The molecule has 17 heavy (non-hydrogen) atoms. The Kier molecular flexibility index (Phi) is 6.38. The van der Waals surface area contributed by atoms with E-state index in [2.05, 4.69) is 26.6 Å². The zero-order chi connectivity index (χ0) is 12.5. The van der Waals surface area contributed by atoms with Crippen LogP contribution in [0.1, 0.15) is 30.5 Å². The Hall–Kier alpha value is -1.31. The van der Waals surface area contributed by atoms with Crippen LogP contribution >= 0.6 is 0 Å². The Morgan fingerprint density at radius 2 is 2.12 bits per heavy atom. The second kappa shape index (κ2) is 7.88. The molecule has 1 aliphatic heterocycles. The molecule has 0 atom stereocenters. The Morgan fingerprint density at radius 1 is 1.41 bits per heavy atom. The van der Waals surface area contributed by atoms with E-state index < -0.39 is 0 Å². The highest BCUT2D eigenvalue weighted by molar-refractivity contribution is 5.10. The summed E-state index contributed by atoms with van der Waals surface area (Å²) >= 11 is 0. The Balaban J connectivity index is 0.000000181. The average molecular weight is 234 g/mol. The van der Waals surface area contributed by atoms with Crippen LogP contribution in [0.25, 0.3) is 0 Å². The first-order chi connectivity index (χ1) is 8.24. The topological polar surface area (TPSA) is 44.0 Å². The summed E-state index contributed by atoms with van der Waals surface area (Å²) in [5.74, 6) is 2.56. The fourth-order valence-corrected chi connectivity index (χ4v) is 1.63. The molecule has 0 aliphatic carbocycles. The number of rotatable bonds is 2. The molecule has 4 heteroatoms. The third-order valence-electron chi connectivity index (χ3n) is 2.84. The van der Waals surface area contributed by atoms with Gasteiger partial charge in [-0.05, 0) is 32.3 Å². The molecule has 2 rings (SSSR count). The fraction of sp³-hybridized carbons (Fsp3) is 0.615. The number of aromatic amines is 1. The maximum absolute atomic E-state index is 5.11. The number of terminal acetylenes is 1. The van der Waals surface area contributed by atoms with Crippen molar-refractivity contribution in [2.45, 2.75) is 33.1 Å². The van der Waals surface area contributed by atoms with Gasteiger partial charge >= 0.3 is 0 Å². The Morgan fingerprint density at radius 3 is 2.53 bits per heavy atom. The van der Waals surface area contributed by atoms with Crippen molar-refractivity contribution >= 4 is 0 Å². The van der Waals surface area contributed by atoms with Crippen molar-refractivity contribution in [3.63, 3.8) is 0 Å². The second-order valence-electron chi connectivity index (χ2n) is 4.24. The summed E-state index contributed by atoms with van der Waals surface area (Å²) in [4.78, 5) is 0. The second-order valence-corrected chi connectivity index (χ2v) is 4.24. The van der Waals surface area contributed by atoms with Crippen molar-refractivity contribution in [3.05, 3.63) is 17.5 Å². The van der Waals surface area contributed by atoms with E-state index in [1.165, 1.54) is 24.8 Å². The zero-order valence-electron chi connectivity index (χ0n) is 10.8. The standard InChI is InChI=1S/C8H14N2.C5H8N2/c1-2-6-9-10-7-4-3-5-8-10;1-4-3-6-7-5(4)2/h1,9H,3-8H2;3H,1-2H3,(H,6,7). The van der Waals surface area contributed by atoms with Gasteiger partial charge in [0.25, 0.3) is 0 Å². The van der Waals surface area contributed by atoms with E-state index in [1.54, 1.807) is 0 Å². The highest BCUT2D eigenvalue weighted by Crippen LogP contribution is 2.04. The molecule has 0 saturated carbocycles. The third kappa shape index (κ3) is 5.53. The number of piperidine rings is 1. The maximum Gasteiger partial charge on any atom is 0.0711 e. The number of aryl methyl sites for hydroxylation is 2.